The van der Waals surface area contributed by atoms with E-state index in [0.717, 1.165) is 12.0 Å². The van der Waals surface area contributed by atoms with Gasteiger partial charge in [0.25, 0.3) is 0 Å². The van der Waals surface area contributed by atoms with Crippen LogP contribution in [0.25, 0.3) is 0 Å². The molecule has 2 N–H and O–H groups in total. The average molecular weight is 246 g/mol. The average Bonchev–Trinajstić information content (AvgIpc) is 2.05. The molecule has 0 saturated carbocycles. The smallest absolute Gasteiger partial charge is 0.375 e. The van der Waals surface area contributed by atoms with E-state index in [2.05, 4.69) is 25.7 Å². The second-order valence-corrected chi connectivity index (χ2v) is 6.38. The minimum Gasteiger partial charge on any atom is -0.424 e. The largest absolute Gasteiger partial charge is 0.424 e. The van der Waals surface area contributed by atoms with Gasteiger partial charge in [0, 0.05) is 11.8 Å². The molecule has 0 radical (unpaired) electrons. The van der Waals surface area contributed by atoms with Crippen LogP contribution < -0.4 is 4.52 Å². The second kappa shape index (κ2) is 5.08. The Morgan fingerprint density at radius 1 is 1.33 bits per heavy atom. The maximum atomic E-state index is 9.09. The van der Waals surface area contributed by atoms with E-state index in [-0.39, 0.29) is 0 Å². The lowest BCUT2D eigenvalue weighted by atomic mass is 10.0. The lowest BCUT2D eigenvalue weighted by Gasteiger charge is -2.14. The Hall–Kier alpha value is -0.410. The van der Waals surface area contributed by atoms with Crippen LogP contribution in [0.1, 0.15) is 19.4 Å². The van der Waals surface area contributed by atoms with Gasteiger partial charge >= 0.3 is 6.72 Å². The molecule has 0 aliphatic rings. The molecule has 1 aromatic carbocycles. The van der Waals surface area contributed by atoms with Gasteiger partial charge in [-0.3, -0.25) is 0 Å². The molecule has 0 bridgehead atoms. The summed E-state index contributed by atoms with van der Waals surface area (Å²) in [4.78, 5) is 18.2. The maximum Gasteiger partial charge on any atom is 0.375 e. The maximum absolute atomic E-state index is 9.09. The van der Waals surface area contributed by atoms with Crippen molar-refractivity contribution < 1.29 is 14.3 Å². The first-order chi connectivity index (χ1) is 6.88. The third-order valence-corrected chi connectivity index (χ3v) is 2.48. The Kier molecular flexibility index (Phi) is 4.29. The summed E-state index contributed by atoms with van der Waals surface area (Å²) in [5.74, 6) is 0.949. The molecule has 0 aliphatic carbocycles. The molecule has 0 aromatic heterocycles. The van der Waals surface area contributed by atoms with Crippen LogP contribution in [0, 0.1) is 5.92 Å². The van der Waals surface area contributed by atoms with Crippen LogP contribution in [0.3, 0.4) is 0 Å². The van der Waals surface area contributed by atoms with E-state index >= 15 is 0 Å². The van der Waals surface area contributed by atoms with Gasteiger partial charge in [0.1, 0.15) is 5.75 Å². The van der Waals surface area contributed by atoms with Crippen molar-refractivity contribution in [3.05, 3.63) is 29.8 Å². The van der Waals surface area contributed by atoms with Gasteiger partial charge in [-0.1, -0.05) is 32.0 Å². The molecular formula is C10H15O3PS. The van der Waals surface area contributed by atoms with Gasteiger partial charge in [-0.25, -0.2) is 0 Å². The van der Waals surface area contributed by atoms with Crippen LogP contribution in [-0.2, 0) is 18.2 Å². The van der Waals surface area contributed by atoms with Gasteiger partial charge in [0.05, 0.1) is 0 Å². The molecule has 5 heteroatoms. The highest BCUT2D eigenvalue weighted by atomic mass is 32.5. The van der Waals surface area contributed by atoms with E-state index in [1.807, 2.05) is 12.1 Å². The van der Waals surface area contributed by atoms with Crippen LogP contribution in [0.5, 0.6) is 5.75 Å². The molecule has 0 fully saturated rings. The van der Waals surface area contributed by atoms with E-state index in [0.29, 0.717) is 11.7 Å². The predicted molar refractivity (Wildman–Crippen MR) is 64.3 cm³/mol. The predicted octanol–water partition coefficient (Wildman–Crippen LogP) is 2.47. The van der Waals surface area contributed by atoms with Crippen LogP contribution in [0.4, 0.5) is 0 Å². The minimum absolute atomic E-state index is 0.472. The molecular weight excluding hydrogens is 231 g/mol. The van der Waals surface area contributed by atoms with Gasteiger partial charge in [0.15, 0.2) is 0 Å². The first-order valence-corrected chi connectivity index (χ1v) is 7.34. The molecule has 0 heterocycles. The molecule has 1 rings (SSSR count). The van der Waals surface area contributed by atoms with Gasteiger partial charge in [-0.15, -0.1) is 0 Å². The molecule has 0 amide bonds. The van der Waals surface area contributed by atoms with Crippen molar-refractivity contribution in [1.82, 2.24) is 0 Å². The van der Waals surface area contributed by atoms with Crippen LogP contribution in [0.2, 0.25) is 0 Å². The fraction of sp³-hybridized carbons (Fsp3) is 0.400. The monoisotopic (exact) mass is 246 g/mol. The lowest BCUT2D eigenvalue weighted by molar-refractivity contribution is 0.368. The van der Waals surface area contributed by atoms with Crippen molar-refractivity contribution >= 4 is 18.5 Å². The van der Waals surface area contributed by atoms with Gasteiger partial charge in [-0.2, -0.15) is 0 Å². The van der Waals surface area contributed by atoms with Gasteiger partial charge in [0.2, 0.25) is 0 Å². The quantitative estimate of drug-likeness (QED) is 0.801. The molecule has 0 atom stereocenters. The molecule has 15 heavy (non-hydrogen) atoms. The normalized spacial score (nSPS) is 11.8. The van der Waals surface area contributed by atoms with E-state index < -0.39 is 6.72 Å². The Morgan fingerprint density at radius 3 is 2.47 bits per heavy atom. The summed E-state index contributed by atoms with van der Waals surface area (Å²) >= 11 is 4.44. The van der Waals surface area contributed by atoms with E-state index in [1.54, 1.807) is 12.1 Å². The summed E-state index contributed by atoms with van der Waals surface area (Å²) in [7, 11) is 0. The third-order valence-electron chi connectivity index (χ3n) is 1.82. The summed E-state index contributed by atoms with van der Waals surface area (Å²) < 4.78 is 4.97. The lowest BCUT2D eigenvalue weighted by Crippen LogP contribution is -1.98. The second-order valence-electron chi connectivity index (χ2n) is 3.79. The highest BCUT2D eigenvalue weighted by Crippen LogP contribution is 2.39. The molecule has 0 spiro atoms. The first kappa shape index (κ1) is 12.7. The Labute approximate surface area is 95.0 Å². The summed E-state index contributed by atoms with van der Waals surface area (Å²) in [5.41, 5.74) is 0.949. The first-order valence-electron chi connectivity index (χ1n) is 4.71. The third kappa shape index (κ3) is 4.76. The van der Waals surface area contributed by atoms with E-state index in [1.165, 1.54) is 0 Å². The molecule has 0 unspecified atom stereocenters. The SMILES string of the molecule is CC(C)Cc1ccccc1OP(O)(O)=S. The van der Waals surface area contributed by atoms with E-state index in [4.69, 9.17) is 14.3 Å². The van der Waals surface area contributed by atoms with Crippen molar-refractivity contribution in [2.24, 2.45) is 5.92 Å². The molecule has 0 aliphatic heterocycles. The molecule has 0 saturated heterocycles. The van der Waals surface area contributed by atoms with Gasteiger partial charge in [-0.05, 0) is 24.0 Å². The van der Waals surface area contributed by atoms with Crippen molar-refractivity contribution in [2.75, 3.05) is 0 Å². The Balaban J connectivity index is 2.91. The highest BCUT2D eigenvalue weighted by molar-refractivity contribution is 8.06. The van der Waals surface area contributed by atoms with E-state index in [9.17, 15) is 0 Å². The standard InChI is InChI=1S/C10H15O3PS/c1-8(2)7-9-5-3-4-6-10(9)13-14(11,12)15/h3-6,8H,7H2,1-2H3,(H2,11,12,15). The zero-order chi connectivity index (χ0) is 11.5. The number of hydrogen-bond donors (Lipinski definition) is 2. The highest BCUT2D eigenvalue weighted by Gasteiger charge is 2.13. The number of benzene rings is 1. The zero-order valence-corrected chi connectivity index (χ0v) is 10.5. The van der Waals surface area contributed by atoms with Crippen molar-refractivity contribution in [3.63, 3.8) is 0 Å². The number of para-hydroxylation sites is 1. The Morgan fingerprint density at radius 2 is 1.93 bits per heavy atom. The molecule has 3 nitrogen and oxygen atoms in total. The molecule has 1 aromatic rings. The topological polar surface area (TPSA) is 49.7 Å². The van der Waals surface area contributed by atoms with Crippen LogP contribution in [-0.4, -0.2) is 9.79 Å². The number of rotatable bonds is 4. The van der Waals surface area contributed by atoms with Crippen molar-refractivity contribution in [3.8, 4) is 5.75 Å². The van der Waals surface area contributed by atoms with Crippen molar-refractivity contribution in [1.29, 1.82) is 0 Å². The summed E-state index contributed by atoms with van der Waals surface area (Å²) in [6.07, 6.45) is 0.825. The summed E-state index contributed by atoms with van der Waals surface area (Å²) in [6.45, 7) is 0.551. The number of hydrogen-bond acceptors (Lipinski definition) is 2. The minimum atomic E-state index is -3.62. The van der Waals surface area contributed by atoms with Crippen LogP contribution in [0.15, 0.2) is 24.3 Å². The zero-order valence-electron chi connectivity index (χ0n) is 8.75. The fourth-order valence-electron chi connectivity index (χ4n) is 1.33. The van der Waals surface area contributed by atoms with Crippen molar-refractivity contribution in [2.45, 2.75) is 20.3 Å². The van der Waals surface area contributed by atoms with Gasteiger partial charge < -0.3 is 14.3 Å². The summed E-state index contributed by atoms with van der Waals surface area (Å²) in [6, 6.07) is 7.28. The summed E-state index contributed by atoms with van der Waals surface area (Å²) in [5, 5.41) is 0. The molecule has 84 valence electrons. The fourth-order valence-corrected chi connectivity index (χ4v) is 2.00. The van der Waals surface area contributed by atoms with Crippen LogP contribution >= 0.6 is 6.72 Å². The Bertz CT molecular complexity index is 373.